The fourth-order valence-corrected chi connectivity index (χ4v) is 4.79. The van der Waals surface area contributed by atoms with Crippen LogP contribution in [0.2, 0.25) is 0 Å². The molecule has 0 N–H and O–H groups in total. The molecule has 0 spiro atoms. The second-order valence-corrected chi connectivity index (χ2v) is 10.5. The molecule has 0 amide bonds. The van der Waals surface area contributed by atoms with Crippen molar-refractivity contribution in [3.8, 4) is 5.75 Å². The Morgan fingerprint density at radius 2 is 0.951 bits per heavy atom. The van der Waals surface area contributed by atoms with Gasteiger partial charge < -0.3 is 9.47 Å². The molecule has 5 aromatic carbocycles. The minimum atomic E-state index is -0.541. The molecular formula is C37H40O4. The number of benzene rings is 5. The van der Waals surface area contributed by atoms with E-state index in [0.717, 1.165) is 6.08 Å². The largest absolute Gasteiger partial charge is 0.457 e. The lowest BCUT2D eigenvalue weighted by Gasteiger charge is -2.16. The Hall–Kier alpha value is -4.44. The summed E-state index contributed by atoms with van der Waals surface area (Å²) in [5.74, 6) is -0.0214. The minimum absolute atomic E-state index is 0. The molecule has 0 atom stereocenters. The van der Waals surface area contributed by atoms with E-state index in [2.05, 4.69) is 89.3 Å². The Kier molecular flexibility index (Phi) is 9.72. The molecule has 0 bridgehead atoms. The van der Waals surface area contributed by atoms with Gasteiger partial charge in [-0.2, -0.15) is 0 Å². The summed E-state index contributed by atoms with van der Waals surface area (Å²) in [5.41, 5.74) is 8.80. The van der Waals surface area contributed by atoms with E-state index in [0.29, 0.717) is 11.3 Å². The molecule has 0 saturated heterocycles. The monoisotopic (exact) mass is 548 g/mol. The lowest BCUT2D eigenvalue weighted by molar-refractivity contribution is -0.144. The Morgan fingerprint density at radius 1 is 0.634 bits per heavy atom. The first-order chi connectivity index (χ1) is 19.0. The molecule has 0 aliphatic rings. The summed E-state index contributed by atoms with van der Waals surface area (Å²) in [6.07, 6.45) is 1.06. The molecule has 0 aliphatic carbocycles. The van der Waals surface area contributed by atoms with E-state index in [1.165, 1.54) is 72.6 Å². The van der Waals surface area contributed by atoms with Gasteiger partial charge in [0.05, 0.1) is 0 Å². The number of ketones is 1. The van der Waals surface area contributed by atoms with E-state index >= 15 is 0 Å². The highest BCUT2D eigenvalue weighted by Crippen LogP contribution is 2.38. The molecule has 4 nitrogen and oxygen atoms in total. The zero-order valence-electron chi connectivity index (χ0n) is 24.4. The molecule has 0 unspecified atom stereocenters. The van der Waals surface area contributed by atoms with Gasteiger partial charge in [-0.25, -0.2) is 4.79 Å². The fourth-order valence-electron chi connectivity index (χ4n) is 4.79. The smallest absolute Gasteiger partial charge is 0.333 e. The third kappa shape index (κ3) is 6.66. The third-order valence-corrected chi connectivity index (χ3v) is 7.63. The number of hydrogen-bond acceptors (Lipinski definition) is 4. The number of Topliss-reactive ketones (excluding diaryl/α,β-unsaturated/α-hetero) is 1. The number of rotatable bonds is 5. The quantitative estimate of drug-likeness (QED) is 0.0721. The molecule has 0 aliphatic heterocycles. The van der Waals surface area contributed by atoms with Crippen molar-refractivity contribution in [3.05, 3.63) is 112 Å². The molecule has 0 saturated carbocycles. The molecule has 212 valence electrons. The second-order valence-electron chi connectivity index (χ2n) is 10.5. The van der Waals surface area contributed by atoms with Crippen LogP contribution < -0.4 is 4.74 Å². The number of esters is 1. The normalized spacial score (nSPS) is 10.5. The van der Waals surface area contributed by atoms with Crippen LogP contribution in [0.15, 0.2) is 73.3 Å². The summed E-state index contributed by atoms with van der Waals surface area (Å²) in [6, 6.07) is 20.8. The highest BCUT2D eigenvalue weighted by Gasteiger charge is 2.12. The van der Waals surface area contributed by atoms with E-state index in [1.807, 2.05) is 0 Å². The lowest BCUT2D eigenvalue weighted by atomic mass is 9.88. The topological polar surface area (TPSA) is 52.6 Å². The Labute approximate surface area is 243 Å². The first-order valence-electron chi connectivity index (χ1n) is 13.4. The van der Waals surface area contributed by atoms with Gasteiger partial charge in [-0.1, -0.05) is 50.4 Å². The van der Waals surface area contributed by atoms with E-state index in [4.69, 9.17) is 4.74 Å². The van der Waals surface area contributed by atoms with Crippen molar-refractivity contribution in [2.45, 2.75) is 55.9 Å². The average Bonchev–Trinajstić information content (AvgIpc) is 2.92. The van der Waals surface area contributed by atoms with Gasteiger partial charge in [-0.05, 0) is 138 Å². The number of carbonyl (C=O) groups is 2. The maximum Gasteiger partial charge on any atom is 0.333 e. The lowest BCUT2D eigenvalue weighted by Crippen LogP contribution is -2.07. The van der Waals surface area contributed by atoms with Gasteiger partial charge in [0, 0.05) is 11.6 Å². The molecule has 5 aromatic rings. The van der Waals surface area contributed by atoms with Gasteiger partial charge >= 0.3 is 5.97 Å². The standard InChI is InChI=1S/C24H24.C12H12O4.CH4/c1-13-7-19-20(8-14(13)2)22-10-16(4)18(6)12-24(22)23-11-17(5)15(3)9-21(19)23;1-3-12(14)16-8-15-11-6-4-10(5-7-11)9(2)13;/h7-12H,1-6H3;3-7H,1,8H2,2H3;1H4. The zero-order valence-corrected chi connectivity index (χ0v) is 24.4. The fraction of sp³-hybridized carbons (Fsp3) is 0.243. The van der Waals surface area contributed by atoms with Crippen LogP contribution in [0.5, 0.6) is 5.75 Å². The van der Waals surface area contributed by atoms with Crippen LogP contribution in [0.4, 0.5) is 0 Å². The summed E-state index contributed by atoms with van der Waals surface area (Å²) in [6.45, 7) is 17.8. The van der Waals surface area contributed by atoms with Crippen molar-refractivity contribution >= 4 is 44.1 Å². The second kappa shape index (κ2) is 12.8. The predicted octanol–water partition coefficient (Wildman–Crippen LogP) is 9.59. The molecule has 0 heterocycles. The Balaban J connectivity index is 0.000000240. The summed E-state index contributed by atoms with van der Waals surface area (Å²) >= 11 is 0. The summed E-state index contributed by atoms with van der Waals surface area (Å²) in [4.78, 5) is 21.7. The highest BCUT2D eigenvalue weighted by atomic mass is 16.7. The molecular weight excluding hydrogens is 508 g/mol. The minimum Gasteiger partial charge on any atom is -0.457 e. The van der Waals surface area contributed by atoms with Crippen LogP contribution in [-0.2, 0) is 9.53 Å². The van der Waals surface area contributed by atoms with Gasteiger partial charge in [0.25, 0.3) is 0 Å². The number of aryl methyl sites for hydroxylation is 6. The highest BCUT2D eigenvalue weighted by molar-refractivity contribution is 6.26. The number of hydrogen-bond donors (Lipinski definition) is 0. The Morgan fingerprint density at radius 3 is 1.22 bits per heavy atom. The maximum absolute atomic E-state index is 11.0. The van der Waals surface area contributed by atoms with Gasteiger partial charge in [-0.3, -0.25) is 4.79 Å². The predicted molar refractivity (Wildman–Crippen MR) is 172 cm³/mol. The maximum atomic E-state index is 11.0. The molecule has 4 heteroatoms. The molecule has 41 heavy (non-hydrogen) atoms. The van der Waals surface area contributed by atoms with Gasteiger partial charge in [0.2, 0.25) is 6.79 Å². The molecule has 0 aromatic heterocycles. The van der Waals surface area contributed by atoms with Crippen molar-refractivity contribution in [3.63, 3.8) is 0 Å². The van der Waals surface area contributed by atoms with Crippen LogP contribution in [0, 0.1) is 41.5 Å². The number of ether oxygens (including phenoxy) is 2. The van der Waals surface area contributed by atoms with E-state index < -0.39 is 5.97 Å². The van der Waals surface area contributed by atoms with Crippen molar-refractivity contribution in [1.82, 2.24) is 0 Å². The summed E-state index contributed by atoms with van der Waals surface area (Å²) < 4.78 is 9.74. The number of carbonyl (C=O) groups excluding carboxylic acids is 2. The SMILES string of the molecule is C.C=CC(=O)OCOc1ccc(C(C)=O)cc1.Cc1cc2c3cc(C)c(C)cc3c3cc(C)c(C)cc3c2cc1C. The summed E-state index contributed by atoms with van der Waals surface area (Å²) in [7, 11) is 0. The van der Waals surface area contributed by atoms with Crippen LogP contribution in [0.3, 0.4) is 0 Å². The van der Waals surface area contributed by atoms with Crippen molar-refractivity contribution in [2.75, 3.05) is 6.79 Å². The number of fused-ring (bicyclic) bond motifs is 6. The molecule has 0 radical (unpaired) electrons. The average molecular weight is 549 g/mol. The third-order valence-electron chi connectivity index (χ3n) is 7.63. The molecule has 5 rings (SSSR count). The Bertz CT molecular complexity index is 1510. The van der Waals surface area contributed by atoms with Crippen molar-refractivity contribution in [1.29, 1.82) is 0 Å². The van der Waals surface area contributed by atoms with Crippen molar-refractivity contribution in [2.24, 2.45) is 0 Å². The van der Waals surface area contributed by atoms with Gasteiger partial charge in [0.15, 0.2) is 5.78 Å². The van der Waals surface area contributed by atoms with Gasteiger partial charge in [-0.15, -0.1) is 0 Å². The molecule has 0 fully saturated rings. The van der Waals surface area contributed by atoms with Crippen LogP contribution in [-0.4, -0.2) is 18.5 Å². The first kappa shape index (κ1) is 31.1. The van der Waals surface area contributed by atoms with E-state index in [-0.39, 0.29) is 20.0 Å². The first-order valence-corrected chi connectivity index (χ1v) is 13.4. The van der Waals surface area contributed by atoms with E-state index in [9.17, 15) is 9.59 Å². The van der Waals surface area contributed by atoms with E-state index in [1.54, 1.807) is 24.3 Å². The zero-order chi connectivity index (χ0) is 29.1. The van der Waals surface area contributed by atoms with Crippen LogP contribution >= 0.6 is 0 Å². The summed E-state index contributed by atoms with van der Waals surface area (Å²) in [5, 5.41) is 8.29. The van der Waals surface area contributed by atoms with Crippen molar-refractivity contribution < 1.29 is 19.1 Å². The van der Waals surface area contributed by atoms with Crippen LogP contribution in [0.25, 0.3) is 32.3 Å². The van der Waals surface area contributed by atoms with Gasteiger partial charge in [0.1, 0.15) is 5.75 Å². The van der Waals surface area contributed by atoms with Crippen LogP contribution in [0.1, 0.15) is 58.1 Å².